The van der Waals surface area contributed by atoms with E-state index in [4.69, 9.17) is 20.8 Å². The first kappa shape index (κ1) is 19.9. The topological polar surface area (TPSA) is 68.5 Å². The van der Waals surface area contributed by atoms with Crippen LogP contribution in [-0.4, -0.2) is 18.5 Å². The van der Waals surface area contributed by atoms with Crippen LogP contribution in [-0.2, 0) is 9.53 Å². The molecule has 1 amide bonds. The molecule has 0 aliphatic heterocycles. The first-order valence-corrected chi connectivity index (χ1v) is 9.78. The molecule has 0 aliphatic carbocycles. The van der Waals surface area contributed by atoms with Crippen molar-refractivity contribution in [3.8, 4) is 11.1 Å². The van der Waals surface area contributed by atoms with Crippen LogP contribution in [0.15, 0.2) is 53.2 Å². The molecule has 0 aliphatic rings. The fourth-order valence-electron chi connectivity index (χ4n) is 2.69. The highest BCUT2D eigenvalue weighted by Crippen LogP contribution is 2.40. The van der Waals surface area contributed by atoms with Gasteiger partial charge in [-0.15, -0.1) is 11.3 Å². The number of ether oxygens (including phenoxy) is 1. The molecular formula is C21H18ClNO4S. The molecule has 28 heavy (non-hydrogen) atoms. The number of anilines is 1. The van der Waals surface area contributed by atoms with Crippen molar-refractivity contribution in [2.24, 2.45) is 0 Å². The number of nitrogens with one attached hydrogen (secondary N) is 1. The minimum atomic E-state index is -0.484. The third kappa shape index (κ3) is 4.52. The maximum absolute atomic E-state index is 12.6. The zero-order chi connectivity index (χ0) is 20.1. The minimum Gasteiger partial charge on any atom is -0.465 e. The summed E-state index contributed by atoms with van der Waals surface area (Å²) in [6, 6.07) is 10.7. The van der Waals surface area contributed by atoms with Gasteiger partial charge in [-0.1, -0.05) is 23.7 Å². The second-order valence-corrected chi connectivity index (χ2v) is 7.46. The van der Waals surface area contributed by atoms with Gasteiger partial charge in [-0.3, -0.25) is 4.79 Å². The highest BCUT2D eigenvalue weighted by Gasteiger charge is 2.25. The molecule has 0 saturated carbocycles. The van der Waals surface area contributed by atoms with Crippen molar-refractivity contribution in [1.29, 1.82) is 0 Å². The van der Waals surface area contributed by atoms with Crippen LogP contribution in [0.2, 0.25) is 5.02 Å². The molecule has 144 valence electrons. The molecular weight excluding hydrogens is 398 g/mol. The largest absolute Gasteiger partial charge is 0.465 e. The van der Waals surface area contributed by atoms with Crippen LogP contribution in [0.25, 0.3) is 17.2 Å². The second-order valence-electron chi connectivity index (χ2n) is 5.80. The Kier molecular flexibility index (Phi) is 6.34. The van der Waals surface area contributed by atoms with Crippen molar-refractivity contribution in [3.05, 3.63) is 70.0 Å². The van der Waals surface area contributed by atoms with Gasteiger partial charge in [-0.25, -0.2) is 4.79 Å². The number of thiophene rings is 1. The summed E-state index contributed by atoms with van der Waals surface area (Å²) in [4.78, 5) is 25.9. The number of carbonyl (C=O) groups excluding carboxylic acids is 2. The van der Waals surface area contributed by atoms with Crippen LogP contribution in [0.5, 0.6) is 0 Å². The van der Waals surface area contributed by atoms with E-state index in [9.17, 15) is 9.59 Å². The average Bonchev–Trinajstić information content (AvgIpc) is 3.29. The van der Waals surface area contributed by atoms with Crippen molar-refractivity contribution in [3.63, 3.8) is 0 Å². The van der Waals surface area contributed by atoms with E-state index in [2.05, 4.69) is 5.32 Å². The molecule has 2 heterocycles. The number of furan rings is 1. The Bertz CT molecular complexity index is 1000. The molecule has 5 nitrogen and oxygen atoms in total. The predicted octanol–water partition coefficient (Wildman–Crippen LogP) is 5.80. The first-order valence-electron chi connectivity index (χ1n) is 8.58. The molecule has 3 rings (SSSR count). The summed E-state index contributed by atoms with van der Waals surface area (Å²) in [7, 11) is 0. The number of hydrogen-bond donors (Lipinski definition) is 1. The van der Waals surface area contributed by atoms with E-state index in [1.165, 1.54) is 23.7 Å². The third-order valence-corrected chi connectivity index (χ3v) is 5.15. The van der Waals surface area contributed by atoms with Crippen molar-refractivity contribution in [1.82, 2.24) is 0 Å². The lowest BCUT2D eigenvalue weighted by Crippen LogP contribution is -2.12. The van der Waals surface area contributed by atoms with Crippen LogP contribution < -0.4 is 5.32 Å². The zero-order valence-electron chi connectivity index (χ0n) is 15.3. The number of benzene rings is 1. The molecule has 0 radical (unpaired) electrons. The number of halogens is 1. The van der Waals surface area contributed by atoms with Gasteiger partial charge >= 0.3 is 5.97 Å². The van der Waals surface area contributed by atoms with E-state index < -0.39 is 5.97 Å². The Morgan fingerprint density at radius 2 is 2.00 bits per heavy atom. The van der Waals surface area contributed by atoms with Gasteiger partial charge in [0, 0.05) is 21.5 Å². The quantitative estimate of drug-likeness (QED) is 0.408. The fourth-order valence-corrected chi connectivity index (χ4v) is 3.89. The van der Waals surface area contributed by atoms with Gasteiger partial charge < -0.3 is 14.5 Å². The van der Waals surface area contributed by atoms with Crippen LogP contribution in [0.3, 0.4) is 0 Å². The molecule has 1 N–H and O–H groups in total. The van der Waals surface area contributed by atoms with Crippen molar-refractivity contribution in [2.75, 3.05) is 11.9 Å². The summed E-state index contributed by atoms with van der Waals surface area (Å²) < 4.78 is 10.4. The summed E-state index contributed by atoms with van der Waals surface area (Å²) in [5, 5.41) is 3.82. The number of carbonyl (C=O) groups is 2. The standard InChI is InChI=1S/C21H18ClNO4S/c1-3-26-21(25)19-18(14-6-8-15(22)9-7-14)13(2)28-20(19)23-17(24)11-10-16-5-4-12-27-16/h4-12H,3H2,1-2H3,(H,23,24)/b11-10+. The van der Waals surface area contributed by atoms with Gasteiger partial charge in [0.05, 0.1) is 12.9 Å². The summed E-state index contributed by atoms with van der Waals surface area (Å²) >= 11 is 7.30. The molecule has 7 heteroatoms. The molecule has 0 bridgehead atoms. The van der Waals surface area contributed by atoms with Gasteiger partial charge in [0.25, 0.3) is 0 Å². The lowest BCUT2D eigenvalue weighted by Gasteiger charge is -2.08. The maximum Gasteiger partial charge on any atom is 0.341 e. The Labute approximate surface area is 171 Å². The molecule has 0 atom stereocenters. The monoisotopic (exact) mass is 415 g/mol. The van der Waals surface area contributed by atoms with E-state index >= 15 is 0 Å². The van der Waals surface area contributed by atoms with Crippen LogP contribution in [0.4, 0.5) is 5.00 Å². The molecule has 0 saturated heterocycles. The third-order valence-electron chi connectivity index (χ3n) is 3.88. The normalized spacial score (nSPS) is 11.0. The predicted molar refractivity (Wildman–Crippen MR) is 112 cm³/mol. The van der Waals surface area contributed by atoms with Crippen LogP contribution >= 0.6 is 22.9 Å². The van der Waals surface area contributed by atoms with Crippen molar-refractivity contribution < 1.29 is 18.7 Å². The summed E-state index contributed by atoms with van der Waals surface area (Å²) in [6.45, 7) is 3.87. The Morgan fingerprint density at radius 3 is 2.64 bits per heavy atom. The Morgan fingerprint density at radius 1 is 1.25 bits per heavy atom. The summed E-state index contributed by atoms with van der Waals surface area (Å²) in [5.74, 6) is -0.294. The van der Waals surface area contributed by atoms with Crippen molar-refractivity contribution in [2.45, 2.75) is 13.8 Å². The number of amides is 1. The molecule has 0 unspecified atom stereocenters. The van der Waals surface area contributed by atoms with Gasteiger partial charge in [0.15, 0.2) is 0 Å². The Balaban J connectivity index is 1.96. The molecule has 0 fully saturated rings. The van der Waals surface area contributed by atoms with E-state index in [0.29, 0.717) is 21.3 Å². The molecule has 1 aromatic carbocycles. The maximum atomic E-state index is 12.6. The van der Waals surface area contributed by atoms with Gasteiger partial charge in [-0.05, 0) is 49.8 Å². The number of aryl methyl sites for hydroxylation is 1. The minimum absolute atomic E-state index is 0.236. The average molecular weight is 416 g/mol. The van der Waals surface area contributed by atoms with Crippen molar-refractivity contribution >= 4 is 45.9 Å². The highest BCUT2D eigenvalue weighted by molar-refractivity contribution is 7.17. The lowest BCUT2D eigenvalue weighted by molar-refractivity contribution is -0.111. The smallest absolute Gasteiger partial charge is 0.341 e. The first-order chi connectivity index (χ1) is 13.5. The fraction of sp³-hybridized carbons (Fsp3) is 0.143. The van der Waals surface area contributed by atoms with E-state index in [-0.39, 0.29) is 12.5 Å². The summed E-state index contributed by atoms with van der Waals surface area (Å²) in [5.41, 5.74) is 1.89. The SMILES string of the molecule is CCOC(=O)c1c(NC(=O)/C=C/c2ccco2)sc(C)c1-c1ccc(Cl)cc1. The van der Waals surface area contributed by atoms with E-state index in [1.54, 1.807) is 37.3 Å². The van der Waals surface area contributed by atoms with Crippen LogP contribution in [0.1, 0.15) is 27.9 Å². The van der Waals surface area contributed by atoms with Crippen LogP contribution in [0, 0.1) is 6.92 Å². The Hall–Kier alpha value is -2.83. The second kappa shape index (κ2) is 8.91. The highest BCUT2D eigenvalue weighted by atomic mass is 35.5. The number of rotatable bonds is 6. The van der Waals surface area contributed by atoms with Gasteiger partial charge in [0.1, 0.15) is 16.3 Å². The van der Waals surface area contributed by atoms with E-state index in [1.807, 2.05) is 19.1 Å². The molecule has 0 spiro atoms. The number of hydrogen-bond acceptors (Lipinski definition) is 5. The van der Waals surface area contributed by atoms with Gasteiger partial charge in [-0.2, -0.15) is 0 Å². The summed E-state index contributed by atoms with van der Waals surface area (Å²) in [6.07, 6.45) is 4.43. The van der Waals surface area contributed by atoms with E-state index in [0.717, 1.165) is 16.0 Å². The lowest BCUT2D eigenvalue weighted by atomic mass is 10.0. The molecule has 3 aromatic rings. The number of esters is 1. The van der Waals surface area contributed by atoms with Gasteiger partial charge in [0.2, 0.25) is 5.91 Å². The molecule has 2 aromatic heterocycles. The zero-order valence-corrected chi connectivity index (χ0v) is 16.9.